The second kappa shape index (κ2) is 8.14. The molecular weight excluding hydrogens is 270 g/mol. The number of rotatable bonds is 7. The maximum absolute atomic E-state index is 11.7. The number of hydrogen-bond acceptors (Lipinski definition) is 3. The van der Waals surface area contributed by atoms with Crippen molar-refractivity contribution in [3.05, 3.63) is 24.3 Å². The first kappa shape index (κ1) is 16.8. The van der Waals surface area contributed by atoms with Gasteiger partial charge in [-0.2, -0.15) is 0 Å². The molecule has 0 aliphatic rings. The van der Waals surface area contributed by atoms with Gasteiger partial charge in [-0.15, -0.1) is 0 Å². The van der Waals surface area contributed by atoms with Gasteiger partial charge in [0.25, 0.3) is 0 Å². The molecular formula is C15H23N3O3. The fraction of sp³-hybridized carbons (Fsp3) is 0.467. The lowest BCUT2D eigenvalue weighted by atomic mass is 10.2. The molecule has 0 saturated carbocycles. The monoisotopic (exact) mass is 293 g/mol. The number of aliphatic carboxylic acids is 1. The summed E-state index contributed by atoms with van der Waals surface area (Å²) in [4.78, 5) is 24.8. The van der Waals surface area contributed by atoms with Crippen LogP contribution in [-0.4, -0.2) is 36.2 Å². The Balaban J connectivity index is 2.63. The van der Waals surface area contributed by atoms with Crippen molar-refractivity contribution in [2.24, 2.45) is 0 Å². The lowest BCUT2D eigenvalue weighted by Gasteiger charge is -2.21. The number of carboxylic acids is 1. The number of hydrogen-bond donors (Lipinski definition) is 3. The van der Waals surface area contributed by atoms with Crippen LogP contribution in [0.5, 0.6) is 0 Å². The normalized spacial score (nSPS) is 11.6. The summed E-state index contributed by atoms with van der Waals surface area (Å²) in [5, 5.41) is 13.9. The first-order valence-electron chi connectivity index (χ1n) is 7.17. The number of carbonyl (C=O) groups excluding carboxylic acids is 1. The number of carbonyl (C=O) groups is 2. The molecule has 0 bridgehead atoms. The highest BCUT2D eigenvalue weighted by Gasteiger charge is 2.17. The van der Waals surface area contributed by atoms with E-state index in [1.165, 1.54) is 0 Å². The van der Waals surface area contributed by atoms with Crippen LogP contribution in [0.1, 0.15) is 27.2 Å². The third-order valence-corrected chi connectivity index (χ3v) is 3.27. The number of amides is 2. The van der Waals surface area contributed by atoms with Crippen molar-refractivity contribution in [3.8, 4) is 0 Å². The Morgan fingerprint density at radius 3 is 2.14 bits per heavy atom. The van der Waals surface area contributed by atoms with E-state index in [0.717, 1.165) is 18.8 Å². The Morgan fingerprint density at radius 1 is 1.14 bits per heavy atom. The van der Waals surface area contributed by atoms with E-state index in [2.05, 4.69) is 29.4 Å². The molecule has 0 aliphatic carbocycles. The molecule has 0 fully saturated rings. The topological polar surface area (TPSA) is 81.7 Å². The van der Waals surface area contributed by atoms with Gasteiger partial charge in [0, 0.05) is 24.5 Å². The van der Waals surface area contributed by atoms with Crippen molar-refractivity contribution >= 4 is 23.4 Å². The maximum atomic E-state index is 11.7. The summed E-state index contributed by atoms with van der Waals surface area (Å²) >= 11 is 0. The summed E-state index contributed by atoms with van der Waals surface area (Å²) in [6, 6.07) is 6.07. The van der Waals surface area contributed by atoms with Gasteiger partial charge in [-0.05, 0) is 44.5 Å². The highest BCUT2D eigenvalue weighted by Crippen LogP contribution is 2.17. The SMILES string of the molecule is CCC(NC(=O)Nc1ccc(N(CC)CC)cc1)C(=O)O. The standard InChI is InChI=1S/C15H23N3O3/c1-4-13(14(19)20)17-15(21)16-11-7-9-12(10-8-11)18(5-2)6-3/h7-10,13H,4-6H2,1-3H3,(H,19,20)(H2,16,17,21). The van der Waals surface area contributed by atoms with Crippen LogP contribution >= 0.6 is 0 Å². The van der Waals surface area contributed by atoms with Crippen molar-refractivity contribution in [1.82, 2.24) is 5.32 Å². The Morgan fingerprint density at radius 2 is 1.71 bits per heavy atom. The Labute approximate surface area is 125 Å². The fourth-order valence-electron chi connectivity index (χ4n) is 2.01. The molecule has 6 nitrogen and oxygen atoms in total. The van der Waals surface area contributed by atoms with E-state index >= 15 is 0 Å². The number of nitrogens with one attached hydrogen (secondary N) is 2. The molecule has 116 valence electrons. The zero-order valence-electron chi connectivity index (χ0n) is 12.7. The molecule has 6 heteroatoms. The molecule has 0 aliphatic heterocycles. The third kappa shape index (κ3) is 4.98. The minimum Gasteiger partial charge on any atom is -0.480 e. The van der Waals surface area contributed by atoms with Crippen LogP contribution in [0.2, 0.25) is 0 Å². The van der Waals surface area contributed by atoms with Gasteiger partial charge in [-0.25, -0.2) is 9.59 Å². The maximum Gasteiger partial charge on any atom is 0.326 e. The fourth-order valence-corrected chi connectivity index (χ4v) is 2.01. The highest BCUT2D eigenvalue weighted by atomic mass is 16.4. The van der Waals surface area contributed by atoms with Gasteiger partial charge in [0.05, 0.1) is 0 Å². The molecule has 0 spiro atoms. The van der Waals surface area contributed by atoms with Crippen molar-refractivity contribution in [2.75, 3.05) is 23.3 Å². The summed E-state index contributed by atoms with van der Waals surface area (Å²) in [7, 11) is 0. The average molecular weight is 293 g/mol. The Hall–Kier alpha value is -2.24. The highest BCUT2D eigenvalue weighted by molar-refractivity contribution is 5.92. The quantitative estimate of drug-likeness (QED) is 0.721. The van der Waals surface area contributed by atoms with Crippen LogP contribution in [0.15, 0.2) is 24.3 Å². The van der Waals surface area contributed by atoms with E-state index in [9.17, 15) is 9.59 Å². The van der Waals surface area contributed by atoms with E-state index in [1.807, 2.05) is 12.1 Å². The van der Waals surface area contributed by atoms with E-state index < -0.39 is 18.0 Å². The zero-order chi connectivity index (χ0) is 15.8. The molecule has 3 N–H and O–H groups in total. The smallest absolute Gasteiger partial charge is 0.326 e. The average Bonchev–Trinajstić information content (AvgIpc) is 2.47. The summed E-state index contributed by atoms with van der Waals surface area (Å²) < 4.78 is 0. The van der Waals surface area contributed by atoms with Gasteiger partial charge < -0.3 is 20.6 Å². The van der Waals surface area contributed by atoms with Crippen molar-refractivity contribution in [1.29, 1.82) is 0 Å². The molecule has 0 radical (unpaired) electrons. The van der Waals surface area contributed by atoms with E-state index in [-0.39, 0.29) is 0 Å². The van der Waals surface area contributed by atoms with E-state index in [0.29, 0.717) is 12.1 Å². The van der Waals surface area contributed by atoms with Crippen LogP contribution in [-0.2, 0) is 4.79 Å². The Bertz CT molecular complexity index is 470. The predicted molar refractivity (Wildman–Crippen MR) is 83.9 cm³/mol. The molecule has 1 aromatic rings. The molecule has 0 saturated heterocycles. The van der Waals surface area contributed by atoms with Crippen LogP contribution in [0.4, 0.5) is 16.2 Å². The van der Waals surface area contributed by atoms with Gasteiger partial charge in [-0.3, -0.25) is 0 Å². The van der Waals surface area contributed by atoms with E-state index in [1.54, 1.807) is 19.1 Å². The number of benzene rings is 1. The molecule has 1 rings (SSSR count). The molecule has 0 aromatic heterocycles. The molecule has 2 amide bonds. The first-order valence-corrected chi connectivity index (χ1v) is 7.17. The van der Waals surface area contributed by atoms with Gasteiger partial charge in [-0.1, -0.05) is 6.92 Å². The van der Waals surface area contributed by atoms with Crippen molar-refractivity contribution in [2.45, 2.75) is 33.2 Å². The molecule has 1 unspecified atom stereocenters. The van der Waals surface area contributed by atoms with Crippen LogP contribution in [0.3, 0.4) is 0 Å². The van der Waals surface area contributed by atoms with Gasteiger partial charge >= 0.3 is 12.0 Å². The van der Waals surface area contributed by atoms with Gasteiger partial charge in [0.2, 0.25) is 0 Å². The van der Waals surface area contributed by atoms with Gasteiger partial charge in [0.15, 0.2) is 0 Å². The predicted octanol–water partition coefficient (Wildman–Crippen LogP) is 2.52. The molecule has 0 heterocycles. The molecule has 1 aromatic carbocycles. The van der Waals surface area contributed by atoms with Crippen LogP contribution < -0.4 is 15.5 Å². The summed E-state index contributed by atoms with van der Waals surface area (Å²) in [5.74, 6) is -1.04. The number of carboxylic acid groups (broad SMARTS) is 1. The lowest BCUT2D eigenvalue weighted by molar-refractivity contribution is -0.139. The van der Waals surface area contributed by atoms with Crippen LogP contribution in [0, 0.1) is 0 Å². The van der Waals surface area contributed by atoms with Crippen molar-refractivity contribution < 1.29 is 14.7 Å². The second-order valence-electron chi connectivity index (χ2n) is 4.62. The third-order valence-electron chi connectivity index (χ3n) is 3.27. The summed E-state index contributed by atoms with van der Waals surface area (Å²) in [5.41, 5.74) is 1.71. The van der Waals surface area contributed by atoms with E-state index in [4.69, 9.17) is 5.11 Å². The second-order valence-corrected chi connectivity index (χ2v) is 4.62. The minimum atomic E-state index is -1.04. The largest absolute Gasteiger partial charge is 0.480 e. The van der Waals surface area contributed by atoms with Crippen LogP contribution in [0.25, 0.3) is 0 Å². The summed E-state index contributed by atoms with van der Waals surface area (Å²) in [6.07, 6.45) is 0.337. The number of urea groups is 1. The first-order chi connectivity index (χ1) is 10.0. The molecule has 21 heavy (non-hydrogen) atoms. The lowest BCUT2D eigenvalue weighted by Crippen LogP contribution is -2.42. The minimum absolute atomic E-state index is 0.337. The zero-order valence-corrected chi connectivity index (χ0v) is 12.7. The summed E-state index contributed by atoms with van der Waals surface area (Å²) in [6.45, 7) is 7.71. The number of nitrogens with zero attached hydrogens (tertiary/aromatic N) is 1. The Kier molecular flexibility index (Phi) is 6.52. The molecule has 1 atom stereocenters. The van der Waals surface area contributed by atoms with Gasteiger partial charge in [0.1, 0.15) is 6.04 Å². The van der Waals surface area contributed by atoms with Crippen molar-refractivity contribution in [3.63, 3.8) is 0 Å². The number of anilines is 2.